The molecule has 1 aliphatic rings. The average molecular weight is 605 g/mol. The van der Waals surface area contributed by atoms with Crippen LogP contribution in [-0.2, 0) is 0 Å². The molecular formula is C33H27Cl2NO4S. The Labute approximate surface area is 253 Å². The number of nitrogens with zero attached hydrogens (tertiary/aromatic N) is 1. The van der Waals surface area contributed by atoms with E-state index >= 15 is 0 Å². The van der Waals surface area contributed by atoms with Gasteiger partial charge in [0.1, 0.15) is 0 Å². The molecule has 41 heavy (non-hydrogen) atoms. The Bertz CT molecular complexity index is 1460. The van der Waals surface area contributed by atoms with Crippen molar-refractivity contribution in [1.82, 2.24) is 0 Å². The van der Waals surface area contributed by atoms with Gasteiger partial charge in [-0.2, -0.15) is 0 Å². The first-order valence-corrected chi connectivity index (χ1v) is 14.9. The van der Waals surface area contributed by atoms with Crippen molar-refractivity contribution in [2.45, 2.75) is 42.2 Å². The van der Waals surface area contributed by atoms with Crippen LogP contribution >= 0.6 is 35.0 Å². The van der Waals surface area contributed by atoms with Crippen molar-refractivity contribution in [3.63, 3.8) is 0 Å². The number of hydrogen-bond donors (Lipinski definition) is 0. The molecule has 0 aromatic heterocycles. The van der Waals surface area contributed by atoms with Gasteiger partial charge in [-0.25, -0.2) is 0 Å². The lowest BCUT2D eigenvalue weighted by molar-refractivity contribution is -0.531. The van der Waals surface area contributed by atoms with E-state index in [1.165, 1.54) is 11.8 Å². The smallest absolute Gasteiger partial charge is 0.229 e. The molecule has 5 rings (SSSR count). The fourth-order valence-corrected chi connectivity index (χ4v) is 7.56. The van der Waals surface area contributed by atoms with Crippen molar-refractivity contribution in [1.29, 1.82) is 0 Å². The molecule has 0 aliphatic carbocycles. The van der Waals surface area contributed by atoms with Gasteiger partial charge < -0.3 is 0 Å². The number of ketones is 2. The Morgan fingerprint density at radius 1 is 0.634 bits per heavy atom. The maximum Gasteiger partial charge on any atom is 0.229 e. The van der Waals surface area contributed by atoms with Crippen molar-refractivity contribution in [2.75, 3.05) is 0 Å². The number of aryl methyl sites for hydroxylation is 2. The lowest BCUT2D eigenvalue weighted by atomic mass is 9.74. The molecule has 0 spiro atoms. The van der Waals surface area contributed by atoms with Gasteiger partial charge in [-0.3, -0.25) is 19.7 Å². The SMILES string of the molecule is Cc1ccc([C@@H]2C([N+](=O)[O-])[C@H](c3ccc(C)cc3)[C@@H](C(=O)c3ccc(Cl)cc3)S[C@H]2C(=O)c2ccc(Cl)cc2)cc1. The molecule has 0 radical (unpaired) electrons. The van der Waals surface area contributed by atoms with Crippen molar-refractivity contribution in [3.8, 4) is 0 Å². The largest absolute Gasteiger partial charge is 0.293 e. The van der Waals surface area contributed by atoms with E-state index in [1.54, 1.807) is 48.5 Å². The number of benzene rings is 4. The van der Waals surface area contributed by atoms with Gasteiger partial charge >= 0.3 is 0 Å². The third-order valence-electron chi connectivity index (χ3n) is 7.62. The topological polar surface area (TPSA) is 77.3 Å². The number of carbonyl (C=O) groups is 2. The minimum atomic E-state index is -1.25. The molecule has 208 valence electrons. The highest BCUT2D eigenvalue weighted by Gasteiger charge is 2.57. The zero-order chi connectivity index (χ0) is 29.3. The van der Waals surface area contributed by atoms with Crippen LogP contribution in [0.5, 0.6) is 0 Å². The molecule has 5 atom stereocenters. The van der Waals surface area contributed by atoms with Gasteiger partial charge in [0.05, 0.1) is 22.3 Å². The maximum atomic E-state index is 14.2. The Morgan fingerprint density at radius 2 is 0.976 bits per heavy atom. The monoisotopic (exact) mass is 603 g/mol. The summed E-state index contributed by atoms with van der Waals surface area (Å²) in [5, 5.41) is 12.3. The summed E-state index contributed by atoms with van der Waals surface area (Å²) in [5.74, 6) is -2.14. The molecule has 0 bridgehead atoms. The normalized spacial score (nSPS) is 22.2. The van der Waals surface area contributed by atoms with E-state index < -0.39 is 28.4 Å². The van der Waals surface area contributed by atoms with E-state index in [4.69, 9.17) is 23.2 Å². The third kappa shape index (κ3) is 6.10. The standard InChI is InChI=1S/C33H27Cl2NO4S/c1-19-3-7-21(8-4-19)27-29(36(39)40)28(22-9-5-20(2)6-10-22)33(31(38)24-13-17-26(35)18-14-24)41-32(27)30(37)23-11-15-25(34)16-12-23/h3-18,27-29,32-33H,1-2H3/t27-,28+,29?,32-,33+. The van der Waals surface area contributed by atoms with Gasteiger partial charge in [-0.15, -0.1) is 11.8 Å². The van der Waals surface area contributed by atoms with Gasteiger partial charge in [-0.05, 0) is 73.5 Å². The first-order valence-electron chi connectivity index (χ1n) is 13.2. The Balaban J connectivity index is 1.71. The fraction of sp³-hybridized carbons (Fsp3) is 0.212. The third-order valence-corrected chi connectivity index (χ3v) is 9.73. The number of nitro groups is 1. The molecule has 0 amide bonds. The summed E-state index contributed by atoms with van der Waals surface area (Å²) in [6.45, 7) is 3.88. The highest BCUT2D eigenvalue weighted by Crippen LogP contribution is 2.52. The Hall–Kier alpha value is -3.45. The first-order chi connectivity index (χ1) is 19.6. The fourth-order valence-electron chi connectivity index (χ4n) is 5.50. The van der Waals surface area contributed by atoms with E-state index in [1.807, 2.05) is 62.4 Å². The predicted molar refractivity (Wildman–Crippen MR) is 165 cm³/mol. The summed E-state index contributed by atoms with van der Waals surface area (Å²) in [6.07, 6.45) is 0. The zero-order valence-corrected chi connectivity index (χ0v) is 24.7. The minimum absolute atomic E-state index is 0.277. The summed E-state index contributed by atoms with van der Waals surface area (Å²) in [5.41, 5.74) is 4.15. The summed E-state index contributed by atoms with van der Waals surface area (Å²) >= 11 is 13.4. The van der Waals surface area contributed by atoms with Gasteiger partial charge in [0.25, 0.3) is 0 Å². The predicted octanol–water partition coefficient (Wildman–Crippen LogP) is 8.37. The van der Waals surface area contributed by atoms with Crippen LogP contribution in [0.2, 0.25) is 10.0 Å². The molecule has 0 saturated carbocycles. The van der Waals surface area contributed by atoms with Crippen LogP contribution in [0.4, 0.5) is 0 Å². The molecule has 0 N–H and O–H groups in total. The zero-order valence-electron chi connectivity index (χ0n) is 22.4. The van der Waals surface area contributed by atoms with Gasteiger partial charge in [-0.1, -0.05) is 82.9 Å². The summed E-state index contributed by atoms with van der Waals surface area (Å²) in [7, 11) is 0. The number of Topliss-reactive ketones (excluding diaryl/α,β-unsaturated/α-hetero) is 2. The molecule has 1 saturated heterocycles. The second-order valence-electron chi connectivity index (χ2n) is 10.4. The molecule has 1 fully saturated rings. The second kappa shape index (κ2) is 12.2. The van der Waals surface area contributed by atoms with E-state index in [0.29, 0.717) is 32.3 Å². The minimum Gasteiger partial charge on any atom is -0.293 e. The Morgan fingerprint density at radius 3 is 1.29 bits per heavy atom. The van der Waals surface area contributed by atoms with Crippen LogP contribution in [0.3, 0.4) is 0 Å². The van der Waals surface area contributed by atoms with Gasteiger partial charge in [0, 0.05) is 26.1 Å². The average Bonchev–Trinajstić information content (AvgIpc) is 2.97. The number of thioether (sulfide) groups is 1. The van der Waals surface area contributed by atoms with Gasteiger partial charge in [0.15, 0.2) is 11.6 Å². The highest BCUT2D eigenvalue weighted by molar-refractivity contribution is 8.02. The second-order valence-corrected chi connectivity index (χ2v) is 12.5. The van der Waals surface area contributed by atoms with Crippen molar-refractivity contribution in [2.24, 2.45) is 0 Å². The quantitative estimate of drug-likeness (QED) is 0.120. The molecule has 4 aromatic rings. The van der Waals surface area contributed by atoms with Crippen LogP contribution in [0.15, 0.2) is 97.1 Å². The summed E-state index contributed by atoms with van der Waals surface area (Å²) in [4.78, 5) is 41.1. The lowest BCUT2D eigenvalue weighted by Crippen LogP contribution is -2.51. The number of hydrogen-bond acceptors (Lipinski definition) is 5. The van der Waals surface area contributed by atoms with Gasteiger partial charge in [0.2, 0.25) is 6.04 Å². The molecule has 1 unspecified atom stereocenters. The van der Waals surface area contributed by atoms with Crippen LogP contribution in [-0.4, -0.2) is 33.0 Å². The number of rotatable bonds is 7. The lowest BCUT2D eigenvalue weighted by Gasteiger charge is -2.42. The Kier molecular flexibility index (Phi) is 8.64. The molecule has 4 aromatic carbocycles. The van der Waals surface area contributed by atoms with E-state index in [0.717, 1.165) is 11.1 Å². The van der Waals surface area contributed by atoms with Crippen molar-refractivity contribution >= 4 is 46.5 Å². The van der Waals surface area contributed by atoms with Crippen LogP contribution in [0.1, 0.15) is 54.8 Å². The molecule has 1 heterocycles. The van der Waals surface area contributed by atoms with Crippen LogP contribution in [0.25, 0.3) is 0 Å². The number of carbonyl (C=O) groups excluding carboxylic acids is 2. The van der Waals surface area contributed by atoms with Crippen molar-refractivity contribution < 1.29 is 14.5 Å². The van der Waals surface area contributed by atoms with Crippen LogP contribution in [0, 0.1) is 24.0 Å². The molecule has 5 nitrogen and oxygen atoms in total. The highest BCUT2D eigenvalue weighted by atomic mass is 35.5. The maximum absolute atomic E-state index is 14.2. The molecule has 1 aliphatic heterocycles. The summed E-state index contributed by atoms with van der Waals surface area (Å²) in [6, 6.07) is 26.8. The van der Waals surface area contributed by atoms with Crippen molar-refractivity contribution in [3.05, 3.63) is 151 Å². The molecular weight excluding hydrogens is 577 g/mol. The first kappa shape index (κ1) is 29.1. The van der Waals surface area contributed by atoms with Crippen LogP contribution < -0.4 is 0 Å². The number of halogens is 2. The van der Waals surface area contributed by atoms with E-state index in [-0.39, 0.29) is 16.5 Å². The van der Waals surface area contributed by atoms with E-state index in [2.05, 4.69) is 0 Å². The summed E-state index contributed by atoms with van der Waals surface area (Å²) < 4.78 is 0. The molecule has 8 heteroatoms. The van der Waals surface area contributed by atoms with E-state index in [9.17, 15) is 19.7 Å².